The number of aromatic nitrogens is 1. The van der Waals surface area contributed by atoms with Crippen LogP contribution in [-0.2, 0) is 11.3 Å². The number of hydrogen-bond donors (Lipinski definition) is 1. The van der Waals surface area contributed by atoms with Crippen LogP contribution in [0.5, 0.6) is 5.75 Å². The van der Waals surface area contributed by atoms with Crippen molar-refractivity contribution in [1.82, 2.24) is 10.3 Å². The maximum Gasteiger partial charge on any atom is 0.122 e. The summed E-state index contributed by atoms with van der Waals surface area (Å²) in [7, 11) is 1.68. The molecule has 18 heavy (non-hydrogen) atoms. The van der Waals surface area contributed by atoms with Crippen LogP contribution < -0.4 is 10.1 Å². The molecule has 0 radical (unpaired) electrons. The number of pyridine rings is 1. The largest absolute Gasteiger partial charge is 0.497 e. The van der Waals surface area contributed by atoms with E-state index in [2.05, 4.69) is 17.2 Å². The zero-order valence-corrected chi connectivity index (χ0v) is 11.7. The normalized spacial score (nSPS) is 10.6. The lowest BCUT2D eigenvalue weighted by molar-refractivity contribution is 0.132. The number of methoxy groups -OCH3 is 1. The third-order valence-corrected chi connectivity index (χ3v) is 2.51. The summed E-state index contributed by atoms with van der Waals surface area (Å²) in [6, 6.07) is 3.90. The second-order valence-electron chi connectivity index (χ2n) is 4.28. The topological polar surface area (TPSA) is 43.4 Å². The van der Waals surface area contributed by atoms with Crippen molar-refractivity contribution < 1.29 is 9.47 Å². The van der Waals surface area contributed by atoms with E-state index < -0.39 is 0 Å². The highest BCUT2D eigenvalue weighted by Crippen LogP contribution is 2.12. The maximum atomic E-state index is 5.42. The van der Waals surface area contributed by atoms with Crippen molar-refractivity contribution >= 4 is 0 Å². The lowest BCUT2D eigenvalue weighted by atomic mass is 10.3. The zero-order chi connectivity index (χ0) is 13.2. The van der Waals surface area contributed by atoms with Crippen LogP contribution in [0.1, 0.15) is 31.2 Å². The highest BCUT2D eigenvalue weighted by molar-refractivity contribution is 5.26. The molecule has 4 nitrogen and oxygen atoms in total. The van der Waals surface area contributed by atoms with Gasteiger partial charge in [-0.25, -0.2) is 0 Å². The Morgan fingerprint density at radius 1 is 1.28 bits per heavy atom. The van der Waals surface area contributed by atoms with Crippen LogP contribution >= 0.6 is 0 Å². The molecule has 0 saturated heterocycles. The van der Waals surface area contributed by atoms with Gasteiger partial charge in [0.25, 0.3) is 0 Å². The molecule has 0 aliphatic rings. The fourth-order valence-corrected chi connectivity index (χ4v) is 1.67. The number of ether oxygens (including phenoxy) is 2. The molecule has 4 heteroatoms. The molecule has 1 heterocycles. The fourth-order valence-electron chi connectivity index (χ4n) is 1.67. The van der Waals surface area contributed by atoms with Gasteiger partial charge in [-0.3, -0.25) is 4.98 Å². The van der Waals surface area contributed by atoms with Gasteiger partial charge in [-0.1, -0.05) is 6.92 Å². The first-order valence-corrected chi connectivity index (χ1v) is 6.56. The molecule has 0 atom stereocenters. The Morgan fingerprint density at radius 3 is 2.83 bits per heavy atom. The Kier molecular flexibility index (Phi) is 7.37. The first-order valence-electron chi connectivity index (χ1n) is 6.56. The van der Waals surface area contributed by atoms with Gasteiger partial charge in [0.15, 0.2) is 0 Å². The first kappa shape index (κ1) is 14.9. The number of hydrogen-bond acceptors (Lipinski definition) is 4. The molecule has 0 spiro atoms. The number of nitrogens with one attached hydrogen (secondary N) is 1. The van der Waals surface area contributed by atoms with Gasteiger partial charge in [0.1, 0.15) is 5.75 Å². The van der Waals surface area contributed by atoms with E-state index >= 15 is 0 Å². The van der Waals surface area contributed by atoms with Crippen LogP contribution in [0.25, 0.3) is 0 Å². The number of nitrogens with zero attached hydrogens (tertiary/aromatic N) is 1. The maximum absolute atomic E-state index is 5.42. The molecule has 1 aromatic rings. The number of aryl methyl sites for hydroxylation is 1. The van der Waals surface area contributed by atoms with Gasteiger partial charge in [-0.05, 0) is 26.3 Å². The van der Waals surface area contributed by atoms with Gasteiger partial charge in [-0.2, -0.15) is 0 Å². The van der Waals surface area contributed by atoms with Crippen molar-refractivity contribution in [2.24, 2.45) is 0 Å². The summed E-state index contributed by atoms with van der Waals surface area (Å²) < 4.78 is 10.6. The summed E-state index contributed by atoms with van der Waals surface area (Å²) in [5.74, 6) is 0.866. The van der Waals surface area contributed by atoms with Crippen molar-refractivity contribution in [2.75, 3.05) is 26.9 Å². The Balaban J connectivity index is 2.20. The molecule has 102 valence electrons. The van der Waals surface area contributed by atoms with E-state index in [0.29, 0.717) is 0 Å². The van der Waals surface area contributed by atoms with Crippen LogP contribution in [0, 0.1) is 6.92 Å². The molecule has 0 amide bonds. The van der Waals surface area contributed by atoms with Gasteiger partial charge in [-0.15, -0.1) is 0 Å². The van der Waals surface area contributed by atoms with Gasteiger partial charge < -0.3 is 14.8 Å². The molecule has 1 aromatic heterocycles. The molecular weight excluding hydrogens is 228 g/mol. The Bertz CT molecular complexity index is 343. The summed E-state index contributed by atoms with van der Waals surface area (Å²) in [5.41, 5.74) is 2.00. The third kappa shape index (κ3) is 5.98. The van der Waals surface area contributed by atoms with Crippen LogP contribution in [-0.4, -0.2) is 31.9 Å². The number of rotatable bonds is 9. The third-order valence-electron chi connectivity index (χ3n) is 2.51. The predicted octanol–water partition coefficient (Wildman–Crippen LogP) is 2.30. The minimum atomic E-state index is 0.770. The quantitative estimate of drug-likeness (QED) is 0.685. The van der Waals surface area contributed by atoms with E-state index in [0.717, 1.165) is 56.3 Å². The molecule has 0 saturated carbocycles. The summed E-state index contributed by atoms with van der Waals surface area (Å²) in [4.78, 5) is 4.46. The standard InChI is InChI=1S/C14H24N2O2/c1-4-7-18-8-5-6-15-11-13-10-14(17-3)9-12(2)16-13/h9-10,15H,4-8,11H2,1-3H3. The molecule has 0 unspecified atom stereocenters. The van der Waals surface area contributed by atoms with E-state index in [1.54, 1.807) is 7.11 Å². The fraction of sp³-hybridized carbons (Fsp3) is 0.643. The van der Waals surface area contributed by atoms with Crippen molar-refractivity contribution in [2.45, 2.75) is 33.2 Å². The lowest BCUT2D eigenvalue weighted by Gasteiger charge is -2.07. The van der Waals surface area contributed by atoms with Gasteiger partial charge in [0.2, 0.25) is 0 Å². The van der Waals surface area contributed by atoms with Crippen LogP contribution in [0.3, 0.4) is 0 Å². The Morgan fingerprint density at radius 2 is 2.11 bits per heavy atom. The minimum absolute atomic E-state index is 0.770. The molecular formula is C14H24N2O2. The molecule has 1 N–H and O–H groups in total. The smallest absolute Gasteiger partial charge is 0.122 e. The average molecular weight is 252 g/mol. The van der Waals surface area contributed by atoms with Crippen LogP contribution in [0.4, 0.5) is 0 Å². The van der Waals surface area contributed by atoms with Crippen molar-refractivity contribution in [3.8, 4) is 5.75 Å². The van der Waals surface area contributed by atoms with Crippen LogP contribution in [0.2, 0.25) is 0 Å². The van der Waals surface area contributed by atoms with E-state index in [1.807, 2.05) is 19.1 Å². The van der Waals surface area contributed by atoms with E-state index in [9.17, 15) is 0 Å². The first-order chi connectivity index (χ1) is 8.76. The molecule has 0 aliphatic heterocycles. The highest BCUT2D eigenvalue weighted by Gasteiger charge is 2.00. The van der Waals surface area contributed by atoms with E-state index in [4.69, 9.17) is 9.47 Å². The monoisotopic (exact) mass is 252 g/mol. The van der Waals surface area contributed by atoms with Crippen molar-refractivity contribution in [1.29, 1.82) is 0 Å². The van der Waals surface area contributed by atoms with Gasteiger partial charge >= 0.3 is 0 Å². The summed E-state index contributed by atoms with van der Waals surface area (Å²) in [6.45, 7) is 7.50. The summed E-state index contributed by atoms with van der Waals surface area (Å²) in [5, 5.41) is 3.36. The highest BCUT2D eigenvalue weighted by atomic mass is 16.5. The van der Waals surface area contributed by atoms with Crippen molar-refractivity contribution in [3.05, 3.63) is 23.5 Å². The second-order valence-corrected chi connectivity index (χ2v) is 4.28. The predicted molar refractivity (Wildman–Crippen MR) is 73.0 cm³/mol. The lowest BCUT2D eigenvalue weighted by Crippen LogP contribution is -2.17. The Hall–Kier alpha value is -1.13. The van der Waals surface area contributed by atoms with E-state index in [-0.39, 0.29) is 0 Å². The van der Waals surface area contributed by atoms with E-state index in [1.165, 1.54) is 0 Å². The summed E-state index contributed by atoms with van der Waals surface area (Å²) in [6.07, 6.45) is 2.11. The minimum Gasteiger partial charge on any atom is -0.497 e. The second kappa shape index (κ2) is 8.89. The van der Waals surface area contributed by atoms with Crippen LogP contribution in [0.15, 0.2) is 12.1 Å². The molecule has 0 aliphatic carbocycles. The average Bonchev–Trinajstić information content (AvgIpc) is 2.37. The molecule has 0 aromatic carbocycles. The molecule has 0 fully saturated rings. The zero-order valence-electron chi connectivity index (χ0n) is 11.7. The van der Waals surface area contributed by atoms with Crippen molar-refractivity contribution in [3.63, 3.8) is 0 Å². The SMILES string of the molecule is CCCOCCCNCc1cc(OC)cc(C)n1. The molecule has 1 rings (SSSR count). The van der Waals surface area contributed by atoms with Gasteiger partial charge in [0.05, 0.1) is 12.8 Å². The Labute approximate surface area is 110 Å². The summed E-state index contributed by atoms with van der Waals surface area (Å²) >= 11 is 0. The van der Waals surface area contributed by atoms with Gasteiger partial charge in [0, 0.05) is 37.6 Å². The molecule has 0 bridgehead atoms.